The summed E-state index contributed by atoms with van der Waals surface area (Å²) in [6, 6.07) is 3.00. The predicted molar refractivity (Wildman–Crippen MR) is 38.8 cm³/mol. The van der Waals surface area contributed by atoms with Crippen molar-refractivity contribution in [2.45, 2.75) is 5.83 Å². The molecule has 0 atom stereocenters. The molecule has 0 spiro atoms. The molecule has 9 heavy (non-hydrogen) atoms. The van der Waals surface area contributed by atoms with Crippen molar-refractivity contribution in [3.63, 3.8) is 0 Å². The van der Waals surface area contributed by atoms with Crippen molar-refractivity contribution in [3.05, 3.63) is 29.0 Å². The van der Waals surface area contributed by atoms with Crippen LogP contribution < -0.4 is 0 Å². The van der Waals surface area contributed by atoms with Gasteiger partial charge in [0, 0.05) is 14.8 Å². The van der Waals surface area contributed by atoms with E-state index < -0.39 is 5.83 Å². The molecule has 0 unspecified atom stereocenters. The summed E-state index contributed by atoms with van der Waals surface area (Å²) in [4.78, 5) is 3.69. The minimum Gasteiger partial charge on any atom is -0.244 e. The van der Waals surface area contributed by atoms with E-state index in [-0.39, 0.29) is 0 Å². The third kappa shape index (κ3) is 1.84. The van der Waals surface area contributed by atoms with Crippen molar-refractivity contribution < 1.29 is 2.74 Å². The first-order chi connectivity index (χ1) is 5.00. The minimum atomic E-state index is -1.86. The van der Waals surface area contributed by atoms with Crippen LogP contribution >= 0.6 is 23.2 Å². The third-order valence-corrected chi connectivity index (χ3v) is 1.28. The molecule has 0 fully saturated rings. The molecule has 1 nitrogen and oxygen atoms in total. The second-order valence-corrected chi connectivity index (χ2v) is 2.04. The second kappa shape index (κ2) is 3.04. The highest BCUT2D eigenvalue weighted by atomic mass is 35.5. The molecular formula is C6H5Cl2N. The van der Waals surface area contributed by atoms with Crippen LogP contribution in [0.15, 0.2) is 18.3 Å². The molecule has 0 bridgehead atoms. The summed E-state index contributed by atoms with van der Waals surface area (Å²) in [5.74, 6) is -1.86. The molecule has 1 aromatic heterocycles. The van der Waals surface area contributed by atoms with Crippen molar-refractivity contribution >= 4 is 23.2 Å². The number of aromatic nitrogens is 1. The van der Waals surface area contributed by atoms with Gasteiger partial charge in [-0.1, -0.05) is 17.7 Å². The van der Waals surface area contributed by atoms with Crippen LogP contribution in [0.3, 0.4) is 0 Å². The van der Waals surface area contributed by atoms with Crippen LogP contribution in [0.5, 0.6) is 0 Å². The van der Waals surface area contributed by atoms with Gasteiger partial charge in [0.2, 0.25) is 0 Å². The van der Waals surface area contributed by atoms with Gasteiger partial charge in [-0.3, -0.25) is 0 Å². The number of hydrogen-bond acceptors (Lipinski definition) is 1. The summed E-state index contributed by atoms with van der Waals surface area (Å²) in [6.45, 7) is 0. The Labute approximate surface area is 66.4 Å². The first-order valence-corrected chi connectivity index (χ1v) is 3.07. The van der Waals surface area contributed by atoms with Crippen molar-refractivity contribution in [1.29, 1.82) is 0 Å². The normalized spacial score (nSPS) is 14.4. The molecule has 1 heterocycles. The molecule has 1 aromatic rings. The van der Waals surface area contributed by atoms with E-state index in [4.69, 9.17) is 25.9 Å². The first-order valence-electron chi connectivity index (χ1n) is 3.31. The molecule has 0 amide bonds. The van der Waals surface area contributed by atoms with Gasteiger partial charge >= 0.3 is 0 Å². The number of hydrogen-bond donors (Lipinski definition) is 0. The fourth-order valence-corrected chi connectivity index (χ4v) is 0.655. The van der Waals surface area contributed by atoms with E-state index >= 15 is 0 Å². The van der Waals surface area contributed by atoms with Gasteiger partial charge < -0.3 is 0 Å². The maximum atomic E-state index is 7.09. The summed E-state index contributed by atoms with van der Waals surface area (Å²) in [6.07, 6.45) is 1.31. The summed E-state index contributed by atoms with van der Waals surface area (Å²) in [7, 11) is 0. The van der Waals surface area contributed by atoms with E-state index in [1.165, 1.54) is 18.3 Å². The summed E-state index contributed by atoms with van der Waals surface area (Å²) in [5, 5.41) is 0.328. The second-order valence-electron chi connectivity index (χ2n) is 1.46. The standard InChI is InChI=1S/C6H5Cl2N/c7-3-5-1-2-6(8)9-4-5/h1-2,4H,3H2/i3T2. The molecule has 48 valence electrons. The van der Waals surface area contributed by atoms with E-state index in [1.807, 2.05) is 0 Å². The predicted octanol–water partition coefficient (Wildman–Crippen LogP) is 2.47. The smallest absolute Gasteiger partial charge is 0.129 e. The fraction of sp³-hybridized carbons (Fsp3) is 0.167. The zero-order valence-corrected chi connectivity index (χ0v) is 5.95. The van der Waals surface area contributed by atoms with E-state index in [2.05, 4.69) is 4.98 Å². The lowest BCUT2D eigenvalue weighted by atomic mass is 10.3. The SMILES string of the molecule is [3H]C([3H])(Cl)c1ccc(Cl)nc1. The lowest BCUT2D eigenvalue weighted by molar-refractivity contribution is 1.25. The van der Waals surface area contributed by atoms with Crippen LogP contribution in [0.2, 0.25) is 5.15 Å². The monoisotopic (exact) mass is 165 g/mol. The van der Waals surface area contributed by atoms with E-state index in [9.17, 15) is 0 Å². The van der Waals surface area contributed by atoms with Crippen molar-refractivity contribution in [3.8, 4) is 0 Å². The summed E-state index contributed by atoms with van der Waals surface area (Å²) in [5.41, 5.74) is 0.309. The van der Waals surface area contributed by atoms with Crippen molar-refractivity contribution in [2.75, 3.05) is 0 Å². The molecule has 0 saturated carbocycles. The maximum absolute atomic E-state index is 7.09. The van der Waals surface area contributed by atoms with Gasteiger partial charge in [0.15, 0.2) is 0 Å². The number of rotatable bonds is 1. The molecule has 0 saturated heterocycles. The van der Waals surface area contributed by atoms with Crippen molar-refractivity contribution in [2.24, 2.45) is 0 Å². The highest BCUT2D eigenvalue weighted by Gasteiger charge is 1.88. The Kier molecular flexibility index (Phi) is 1.53. The third-order valence-electron chi connectivity index (χ3n) is 0.836. The Hall–Kier alpha value is -0.270. The number of alkyl halides is 1. The molecule has 0 aliphatic rings. The number of halogens is 2. The molecule has 3 heteroatoms. The van der Waals surface area contributed by atoms with Crippen LogP contribution in [-0.2, 0) is 5.83 Å². The average molecular weight is 166 g/mol. The molecule has 0 aliphatic heterocycles. The Bertz CT molecular complexity index is 242. The van der Waals surface area contributed by atoms with Gasteiger partial charge in [-0.25, -0.2) is 4.98 Å². The average Bonchev–Trinajstić information content (AvgIpc) is 1.86. The van der Waals surface area contributed by atoms with Gasteiger partial charge in [0.05, 0.1) is 0 Å². The lowest BCUT2D eigenvalue weighted by Crippen LogP contribution is -1.78. The van der Waals surface area contributed by atoms with Crippen molar-refractivity contribution in [1.82, 2.24) is 4.98 Å². The fourth-order valence-electron chi connectivity index (χ4n) is 0.432. The van der Waals surface area contributed by atoms with Crippen LogP contribution in [-0.4, -0.2) is 4.98 Å². The molecule has 1 rings (SSSR count). The van der Waals surface area contributed by atoms with Gasteiger partial charge in [-0.15, -0.1) is 11.6 Å². The Morgan fingerprint density at radius 3 is 2.89 bits per heavy atom. The van der Waals surface area contributed by atoms with Gasteiger partial charge in [0.25, 0.3) is 0 Å². The van der Waals surface area contributed by atoms with E-state index in [0.29, 0.717) is 10.7 Å². The first kappa shape index (κ1) is 4.53. The molecule has 0 N–H and O–H groups in total. The minimum absolute atomic E-state index is 0.309. The lowest BCUT2D eigenvalue weighted by Gasteiger charge is -1.91. The topological polar surface area (TPSA) is 12.9 Å². The van der Waals surface area contributed by atoms with Gasteiger partial charge in [0.1, 0.15) is 5.15 Å². The Balaban J connectivity index is 2.99. The van der Waals surface area contributed by atoms with Crippen LogP contribution in [0.25, 0.3) is 0 Å². The Morgan fingerprint density at radius 1 is 1.67 bits per heavy atom. The zero-order chi connectivity index (χ0) is 8.48. The quantitative estimate of drug-likeness (QED) is 0.461. The van der Waals surface area contributed by atoms with E-state index in [1.54, 1.807) is 0 Å². The van der Waals surface area contributed by atoms with Crippen LogP contribution in [0, 0.1) is 0 Å². The van der Waals surface area contributed by atoms with Crippen LogP contribution in [0.1, 0.15) is 8.30 Å². The zero-order valence-electron chi connectivity index (χ0n) is 6.44. The molecule has 0 aromatic carbocycles. The largest absolute Gasteiger partial charge is 0.244 e. The molecule has 0 aliphatic carbocycles. The highest BCUT2D eigenvalue weighted by Crippen LogP contribution is 2.06. The summed E-state index contributed by atoms with van der Waals surface area (Å²) >= 11 is 10.8. The highest BCUT2D eigenvalue weighted by molar-refractivity contribution is 6.29. The van der Waals surface area contributed by atoms with Gasteiger partial charge in [-0.05, 0) is 11.6 Å². The van der Waals surface area contributed by atoms with E-state index in [0.717, 1.165) is 0 Å². The number of nitrogens with zero attached hydrogens (tertiary/aromatic N) is 1. The molecule has 0 radical (unpaired) electrons. The Morgan fingerprint density at radius 2 is 2.44 bits per heavy atom. The van der Waals surface area contributed by atoms with Crippen LogP contribution in [0.4, 0.5) is 0 Å². The molecular weight excluding hydrogens is 157 g/mol. The maximum Gasteiger partial charge on any atom is 0.129 e. The number of pyridine rings is 1. The summed E-state index contributed by atoms with van der Waals surface area (Å²) < 4.78 is 14.2. The van der Waals surface area contributed by atoms with Gasteiger partial charge in [-0.2, -0.15) is 0 Å².